The molecule has 0 saturated heterocycles. The topological polar surface area (TPSA) is 75.6 Å². The summed E-state index contributed by atoms with van der Waals surface area (Å²) < 4.78 is 77.9. The predicted octanol–water partition coefficient (Wildman–Crippen LogP) is 6.16. The van der Waals surface area contributed by atoms with E-state index in [0.717, 1.165) is 6.92 Å². The standard InChI is InChI=1S/C28H28F6N2O3/c1-16-19-10-6-7-11-21(19)23(18-8-4-3-5-9-18)35-25(24(16)38)36-26(39)22(13-15-28(32,33)34)20(17(2)37)12-14-27(29,30)31/h3-11,16,20,22,25H,12-15H2,1-2H3,(H,36,39)/t16?,20-,22-,25-/m1/s1. The Morgan fingerprint density at radius 1 is 0.872 bits per heavy atom. The number of nitrogens with one attached hydrogen (secondary N) is 1. The molecular weight excluding hydrogens is 526 g/mol. The number of fused-ring (bicyclic) bond motifs is 1. The minimum Gasteiger partial charge on any atom is -0.328 e. The molecule has 11 heteroatoms. The molecule has 0 fully saturated rings. The van der Waals surface area contributed by atoms with Crippen LogP contribution in [0.1, 0.15) is 62.1 Å². The van der Waals surface area contributed by atoms with Crippen LogP contribution in [0.2, 0.25) is 0 Å². The lowest BCUT2D eigenvalue weighted by molar-refractivity contribution is -0.152. The zero-order valence-electron chi connectivity index (χ0n) is 21.3. The highest BCUT2D eigenvalue weighted by Crippen LogP contribution is 2.34. The van der Waals surface area contributed by atoms with Gasteiger partial charge in [-0.2, -0.15) is 26.3 Å². The normalized spacial score (nSPS) is 19.4. The van der Waals surface area contributed by atoms with Gasteiger partial charge >= 0.3 is 12.4 Å². The molecular formula is C28H28F6N2O3. The summed E-state index contributed by atoms with van der Waals surface area (Å²) >= 11 is 0. The van der Waals surface area contributed by atoms with Crippen molar-refractivity contribution in [3.8, 4) is 0 Å². The second-order valence-electron chi connectivity index (χ2n) is 9.60. The fourth-order valence-electron chi connectivity index (χ4n) is 4.75. The molecule has 1 aliphatic heterocycles. The molecule has 210 valence electrons. The van der Waals surface area contributed by atoms with Crippen LogP contribution in [0.3, 0.4) is 0 Å². The number of hydrogen-bond donors (Lipinski definition) is 1. The molecule has 2 aromatic rings. The Kier molecular flexibility index (Phi) is 9.34. The smallest absolute Gasteiger partial charge is 0.328 e. The molecule has 1 N–H and O–H groups in total. The van der Waals surface area contributed by atoms with Crippen molar-refractivity contribution in [3.63, 3.8) is 0 Å². The van der Waals surface area contributed by atoms with Crippen molar-refractivity contribution in [1.29, 1.82) is 0 Å². The Morgan fingerprint density at radius 3 is 1.97 bits per heavy atom. The summed E-state index contributed by atoms with van der Waals surface area (Å²) in [5, 5.41) is 2.37. The highest BCUT2D eigenvalue weighted by molar-refractivity contribution is 6.16. The van der Waals surface area contributed by atoms with Crippen LogP contribution in [0.4, 0.5) is 26.3 Å². The van der Waals surface area contributed by atoms with Gasteiger partial charge in [-0.25, -0.2) is 0 Å². The van der Waals surface area contributed by atoms with E-state index in [1.54, 1.807) is 61.5 Å². The van der Waals surface area contributed by atoms with Gasteiger partial charge < -0.3 is 5.32 Å². The number of nitrogens with zero attached hydrogens (tertiary/aromatic N) is 1. The lowest BCUT2D eigenvalue weighted by Crippen LogP contribution is -2.46. The molecule has 0 radical (unpaired) electrons. The quantitative estimate of drug-likeness (QED) is 0.378. The molecule has 1 aliphatic rings. The third-order valence-corrected chi connectivity index (χ3v) is 6.79. The first kappa shape index (κ1) is 30.0. The number of hydrogen-bond acceptors (Lipinski definition) is 4. The van der Waals surface area contributed by atoms with Crippen LogP contribution in [-0.4, -0.2) is 41.7 Å². The Morgan fingerprint density at radius 2 is 1.41 bits per heavy atom. The van der Waals surface area contributed by atoms with E-state index in [0.29, 0.717) is 22.4 Å². The van der Waals surface area contributed by atoms with Crippen molar-refractivity contribution in [2.45, 2.75) is 64.0 Å². The molecule has 39 heavy (non-hydrogen) atoms. The summed E-state index contributed by atoms with van der Waals surface area (Å²) in [7, 11) is 0. The average Bonchev–Trinajstić information content (AvgIpc) is 2.95. The maximum atomic E-state index is 13.4. The van der Waals surface area contributed by atoms with Gasteiger partial charge in [0.15, 0.2) is 11.9 Å². The van der Waals surface area contributed by atoms with Crippen molar-refractivity contribution >= 4 is 23.2 Å². The number of carbonyl (C=O) groups excluding carboxylic acids is 3. The van der Waals surface area contributed by atoms with E-state index in [4.69, 9.17) is 0 Å². The summed E-state index contributed by atoms with van der Waals surface area (Å²) in [5.74, 6) is -6.65. The zero-order valence-corrected chi connectivity index (χ0v) is 21.3. The SMILES string of the molecule is CC(=O)[C@@H](CCC(F)(F)F)[C@@H](CCC(F)(F)F)C(=O)N[C@H]1N=C(c2ccccc2)c2ccccc2C(C)C1=O. The third-order valence-electron chi connectivity index (χ3n) is 6.79. The molecule has 5 nitrogen and oxygen atoms in total. The van der Waals surface area contributed by atoms with Gasteiger partial charge in [0.25, 0.3) is 0 Å². The number of Topliss-reactive ketones (excluding diaryl/α,β-unsaturated/α-hetero) is 2. The molecule has 1 amide bonds. The van der Waals surface area contributed by atoms with E-state index in [9.17, 15) is 40.7 Å². The van der Waals surface area contributed by atoms with Gasteiger partial charge in [0.05, 0.1) is 5.71 Å². The van der Waals surface area contributed by atoms with E-state index in [1.807, 2.05) is 0 Å². The lowest BCUT2D eigenvalue weighted by atomic mass is 9.81. The summed E-state index contributed by atoms with van der Waals surface area (Å²) in [5.41, 5.74) is 2.23. The third kappa shape index (κ3) is 8.00. The molecule has 2 aromatic carbocycles. The Labute approximate surface area is 221 Å². The van der Waals surface area contributed by atoms with Crippen molar-refractivity contribution in [1.82, 2.24) is 5.32 Å². The monoisotopic (exact) mass is 554 g/mol. The van der Waals surface area contributed by atoms with Crippen molar-refractivity contribution in [2.24, 2.45) is 16.8 Å². The number of alkyl halides is 6. The van der Waals surface area contributed by atoms with Crippen LogP contribution < -0.4 is 5.32 Å². The summed E-state index contributed by atoms with van der Waals surface area (Å²) in [6, 6.07) is 15.7. The lowest BCUT2D eigenvalue weighted by Gasteiger charge is -2.27. The first-order valence-corrected chi connectivity index (χ1v) is 12.4. The number of ketones is 2. The van der Waals surface area contributed by atoms with Crippen molar-refractivity contribution in [3.05, 3.63) is 71.3 Å². The summed E-state index contributed by atoms with van der Waals surface area (Å²) in [4.78, 5) is 43.5. The second-order valence-corrected chi connectivity index (χ2v) is 9.60. The second kappa shape index (κ2) is 12.1. The maximum Gasteiger partial charge on any atom is 0.389 e. The fourth-order valence-corrected chi connectivity index (χ4v) is 4.75. The number of amides is 1. The Bertz CT molecular complexity index is 1220. The van der Waals surface area contributed by atoms with Crippen molar-refractivity contribution < 1.29 is 40.7 Å². The van der Waals surface area contributed by atoms with E-state index < -0.39 is 79.4 Å². The van der Waals surface area contributed by atoms with E-state index in [1.165, 1.54) is 0 Å². The molecule has 1 unspecified atom stereocenters. The van der Waals surface area contributed by atoms with Gasteiger partial charge in [-0.05, 0) is 25.3 Å². The van der Waals surface area contributed by atoms with Crippen molar-refractivity contribution in [2.75, 3.05) is 0 Å². The van der Waals surface area contributed by atoms with E-state index in [2.05, 4.69) is 10.3 Å². The number of halogens is 6. The Hall–Kier alpha value is -3.50. The maximum absolute atomic E-state index is 13.4. The number of carbonyl (C=O) groups is 3. The largest absolute Gasteiger partial charge is 0.389 e. The van der Waals surface area contributed by atoms with Crippen LogP contribution in [0.5, 0.6) is 0 Å². The molecule has 0 saturated carbocycles. The van der Waals surface area contributed by atoms with Crippen LogP contribution in [0.15, 0.2) is 59.6 Å². The van der Waals surface area contributed by atoms with E-state index >= 15 is 0 Å². The first-order chi connectivity index (χ1) is 18.2. The molecule has 4 atom stereocenters. The number of benzene rings is 2. The Balaban J connectivity index is 2.00. The minimum absolute atomic E-state index is 0.362. The highest BCUT2D eigenvalue weighted by Gasteiger charge is 2.40. The molecule has 0 aromatic heterocycles. The number of rotatable bonds is 9. The first-order valence-electron chi connectivity index (χ1n) is 12.4. The van der Waals surface area contributed by atoms with Gasteiger partial charge in [-0.1, -0.05) is 61.5 Å². The minimum atomic E-state index is -4.71. The van der Waals surface area contributed by atoms with Gasteiger partial charge in [-0.15, -0.1) is 0 Å². The summed E-state index contributed by atoms with van der Waals surface area (Å²) in [6.45, 7) is 2.54. The summed E-state index contributed by atoms with van der Waals surface area (Å²) in [6.07, 6.45) is -15.6. The molecule has 0 bridgehead atoms. The fraction of sp³-hybridized carbons (Fsp3) is 0.429. The van der Waals surface area contributed by atoms with Crippen LogP contribution in [0.25, 0.3) is 0 Å². The van der Waals surface area contributed by atoms with Gasteiger partial charge in [-0.3, -0.25) is 19.4 Å². The van der Waals surface area contributed by atoms with Crippen LogP contribution >= 0.6 is 0 Å². The van der Waals surface area contributed by atoms with Gasteiger partial charge in [0.2, 0.25) is 5.91 Å². The number of aliphatic imine (C=N–C) groups is 1. The molecule has 0 aliphatic carbocycles. The molecule has 0 spiro atoms. The van der Waals surface area contributed by atoms with E-state index in [-0.39, 0.29) is 0 Å². The molecule has 1 heterocycles. The van der Waals surface area contributed by atoms with Crippen LogP contribution in [-0.2, 0) is 14.4 Å². The zero-order chi connectivity index (χ0) is 29.0. The van der Waals surface area contributed by atoms with Gasteiger partial charge in [0.1, 0.15) is 5.78 Å². The van der Waals surface area contributed by atoms with Gasteiger partial charge in [0, 0.05) is 41.7 Å². The average molecular weight is 555 g/mol. The highest BCUT2D eigenvalue weighted by atomic mass is 19.4. The molecule has 3 rings (SSSR count). The predicted molar refractivity (Wildman–Crippen MR) is 132 cm³/mol. The van der Waals surface area contributed by atoms with Crippen LogP contribution in [0, 0.1) is 11.8 Å².